The van der Waals surface area contributed by atoms with E-state index in [4.69, 9.17) is 0 Å². The average molecular weight is 488 g/mol. The summed E-state index contributed by atoms with van der Waals surface area (Å²) < 4.78 is 68.0. The van der Waals surface area contributed by atoms with E-state index >= 15 is 0 Å². The minimum Gasteiger partial charge on any atom is -0.353 e. The number of rotatable bonds is 4. The smallest absolute Gasteiger partial charge is 0.353 e. The van der Waals surface area contributed by atoms with Gasteiger partial charge in [0, 0.05) is 26.2 Å². The molecule has 0 unspecified atom stereocenters. The molecule has 176 valence electrons. The van der Waals surface area contributed by atoms with Gasteiger partial charge in [-0.3, -0.25) is 0 Å². The number of sulfonamides is 1. The Balaban J connectivity index is 1.37. The van der Waals surface area contributed by atoms with Crippen LogP contribution in [0.25, 0.3) is 16.7 Å². The molecule has 5 rings (SSSR count). The van der Waals surface area contributed by atoms with Crippen LogP contribution in [0.1, 0.15) is 5.56 Å². The van der Waals surface area contributed by atoms with E-state index in [9.17, 15) is 21.6 Å². The SMILES string of the molecule is O=S(=O)(c1cccc(C(F)(F)F)c1)N1CCN(c2ncnc3c2cnn3-c2ccccc2)CC1. The lowest BCUT2D eigenvalue weighted by Crippen LogP contribution is -2.49. The van der Waals surface area contributed by atoms with E-state index in [-0.39, 0.29) is 18.0 Å². The van der Waals surface area contributed by atoms with Crippen molar-refractivity contribution in [1.82, 2.24) is 24.1 Å². The largest absolute Gasteiger partial charge is 0.416 e. The first kappa shape index (κ1) is 22.3. The number of anilines is 1. The van der Waals surface area contributed by atoms with Crippen LogP contribution < -0.4 is 4.90 Å². The zero-order chi connectivity index (χ0) is 23.9. The van der Waals surface area contributed by atoms with Gasteiger partial charge in [-0.25, -0.2) is 23.1 Å². The first-order valence-corrected chi connectivity index (χ1v) is 11.9. The summed E-state index contributed by atoms with van der Waals surface area (Å²) in [6.07, 6.45) is -1.51. The molecule has 2 aromatic carbocycles. The third-order valence-electron chi connectivity index (χ3n) is 5.68. The number of hydrogen-bond donors (Lipinski definition) is 0. The van der Waals surface area contributed by atoms with Crippen LogP contribution in [0.15, 0.2) is 72.0 Å². The zero-order valence-electron chi connectivity index (χ0n) is 17.7. The topological polar surface area (TPSA) is 84.2 Å². The number of piperazine rings is 1. The number of benzene rings is 2. The second-order valence-electron chi connectivity index (χ2n) is 7.74. The second-order valence-corrected chi connectivity index (χ2v) is 9.68. The summed E-state index contributed by atoms with van der Waals surface area (Å²) >= 11 is 0. The van der Waals surface area contributed by atoms with Gasteiger partial charge in [0.1, 0.15) is 12.1 Å². The predicted octanol–water partition coefficient (Wildman–Crippen LogP) is 3.35. The molecule has 0 aliphatic carbocycles. The van der Waals surface area contributed by atoms with E-state index in [0.717, 1.165) is 23.2 Å². The number of hydrogen-bond acceptors (Lipinski definition) is 6. The highest BCUT2D eigenvalue weighted by Crippen LogP contribution is 2.32. The van der Waals surface area contributed by atoms with Gasteiger partial charge in [0.15, 0.2) is 5.65 Å². The van der Waals surface area contributed by atoms with Gasteiger partial charge in [0.25, 0.3) is 0 Å². The van der Waals surface area contributed by atoms with Crippen LogP contribution in [0.2, 0.25) is 0 Å². The lowest BCUT2D eigenvalue weighted by Gasteiger charge is -2.34. The Morgan fingerprint density at radius 3 is 2.32 bits per heavy atom. The van der Waals surface area contributed by atoms with Crippen LogP contribution in [0, 0.1) is 0 Å². The van der Waals surface area contributed by atoms with Crippen molar-refractivity contribution < 1.29 is 21.6 Å². The normalized spacial score (nSPS) is 15.7. The molecule has 1 fully saturated rings. The Bertz CT molecular complexity index is 1430. The summed E-state index contributed by atoms with van der Waals surface area (Å²) in [5.41, 5.74) is 0.473. The molecule has 0 atom stereocenters. The van der Waals surface area contributed by atoms with Gasteiger partial charge in [-0.2, -0.15) is 22.6 Å². The Morgan fingerprint density at radius 2 is 1.62 bits per heavy atom. The molecule has 0 N–H and O–H groups in total. The van der Waals surface area contributed by atoms with Crippen LogP contribution >= 0.6 is 0 Å². The molecule has 0 radical (unpaired) electrons. The molecule has 0 saturated carbocycles. The zero-order valence-corrected chi connectivity index (χ0v) is 18.5. The first-order chi connectivity index (χ1) is 16.2. The maximum atomic E-state index is 13.0. The highest BCUT2D eigenvalue weighted by molar-refractivity contribution is 7.89. The Kier molecular flexibility index (Phi) is 5.48. The molecular formula is C22H19F3N6O2S. The Labute approximate surface area is 193 Å². The van der Waals surface area contributed by atoms with E-state index in [0.29, 0.717) is 30.6 Å². The molecule has 8 nitrogen and oxygen atoms in total. The van der Waals surface area contributed by atoms with Crippen molar-refractivity contribution >= 4 is 26.9 Å². The van der Waals surface area contributed by atoms with Crippen LogP contribution in [0.4, 0.5) is 19.0 Å². The summed E-state index contributed by atoms with van der Waals surface area (Å²) in [5, 5.41) is 5.15. The highest BCUT2D eigenvalue weighted by atomic mass is 32.2. The molecule has 4 aromatic rings. The fourth-order valence-corrected chi connectivity index (χ4v) is 5.43. The van der Waals surface area contributed by atoms with Crippen LogP contribution in [-0.2, 0) is 16.2 Å². The molecule has 1 aliphatic heterocycles. The maximum Gasteiger partial charge on any atom is 0.416 e. The van der Waals surface area contributed by atoms with Gasteiger partial charge in [-0.1, -0.05) is 24.3 Å². The fourth-order valence-electron chi connectivity index (χ4n) is 3.96. The molecule has 34 heavy (non-hydrogen) atoms. The molecule has 0 amide bonds. The average Bonchev–Trinajstić information content (AvgIpc) is 3.29. The molecular weight excluding hydrogens is 469 g/mol. The van der Waals surface area contributed by atoms with Crippen LogP contribution in [0.5, 0.6) is 0 Å². The summed E-state index contributed by atoms with van der Waals surface area (Å²) in [6, 6.07) is 13.3. The van der Waals surface area contributed by atoms with E-state index < -0.39 is 21.8 Å². The Hall–Kier alpha value is -3.51. The number of halogens is 3. The van der Waals surface area contributed by atoms with Gasteiger partial charge in [0.2, 0.25) is 10.0 Å². The van der Waals surface area contributed by atoms with Crippen LogP contribution in [-0.4, -0.2) is 58.7 Å². The minimum absolute atomic E-state index is 0.108. The van der Waals surface area contributed by atoms with Crippen molar-refractivity contribution in [1.29, 1.82) is 0 Å². The van der Waals surface area contributed by atoms with E-state index in [1.54, 1.807) is 10.9 Å². The molecule has 2 aromatic heterocycles. The van der Waals surface area contributed by atoms with E-state index in [1.165, 1.54) is 16.7 Å². The lowest BCUT2D eigenvalue weighted by atomic mass is 10.2. The number of aromatic nitrogens is 4. The van der Waals surface area contributed by atoms with Crippen molar-refractivity contribution in [2.75, 3.05) is 31.1 Å². The molecule has 0 spiro atoms. The lowest BCUT2D eigenvalue weighted by molar-refractivity contribution is -0.137. The second kappa shape index (κ2) is 8.37. The molecule has 1 saturated heterocycles. The predicted molar refractivity (Wildman–Crippen MR) is 119 cm³/mol. The highest BCUT2D eigenvalue weighted by Gasteiger charge is 2.34. The Morgan fingerprint density at radius 1 is 0.882 bits per heavy atom. The molecule has 1 aliphatic rings. The monoisotopic (exact) mass is 488 g/mol. The van der Waals surface area contributed by atoms with Crippen molar-refractivity contribution in [3.8, 4) is 5.69 Å². The van der Waals surface area contributed by atoms with Crippen LogP contribution in [0.3, 0.4) is 0 Å². The molecule has 3 heterocycles. The molecule has 12 heteroatoms. The third-order valence-corrected chi connectivity index (χ3v) is 7.58. The fraction of sp³-hybridized carbons (Fsp3) is 0.227. The van der Waals surface area contributed by atoms with Crippen molar-refractivity contribution in [2.24, 2.45) is 0 Å². The number of nitrogens with zero attached hydrogens (tertiary/aromatic N) is 6. The van der Waals surface area contributed by atoms with Crippen molar-refractivity contribution in [3.63, 3.8) is 0 Å². The summed E-state index contributed by atoms with van der Waals surface area (Å²) in [4.78, 5) is 10.3. The number of para-hydroxylation sites is 1. The molecule has 0 bridgehead atoms. The minimum atomic E-state index is -4.62. The quantitative estimate of drug-likeness (QED) is 0.438. The van der Waals surface area contributed by atoms with Gasteiger partial charge >= 0.3 is 6.18 Å². The van der Waals surface area contributed by atoms with Gasteiger partial charge < -0.3 is 4.90 Å². The van der Waals surface area contributed by atoms with Gasteiger partial charge in [-0.15, -0.1) is 0 Å². The van der Waals surface area contributed by atoms with E-state index in [1.807, 2.05) is 35.2 Å². The van der Waals surface area contributed by atoms with Gasteiger partial charge in [0.05, 0.1) is 27.7 Å². The maximum absolute atomic E-state index is 13.0. The summed E-state index contributed by atoms with van der Waals surface area (Å²) in [7, 11) is -4.07. The standard InChI is InChI=1S/C22H19F3N6O2S/c23-22(24,25)16-5-4-8-18(13-16)34(32,33)30-11-9-29(10-12-30)20-19-14-28-31(21(19)27-15-26-20)17-6-2-1-3-7-17/h1-8,13-15H,9-12H2. The number of fused-ring (bicyclic) bond motifs is 1. The third kappa shape index (κ3) is 3.99. The summed E-state index contributed by atoms with van der Waals surface area (Å²) in [6.45, 7) is 0.857. The van der Waals surface area contributed by atoms with E-state index in [2.05, 4.69) is 15.1 Å². The van der Waals surface area contributed by atoms with Crippen molar-refractivity contribution in [2.45, 2.75) is 11.1 Å². The first-order valence-electron chi connectivity index (χ1n) is 10.4. The van der Waals surface area contributed by atoms with Crippen molar-refractivity contribution in [3.05, 3.63) is 72.7 Å². The number of alkyl halides is 3. The van der Waals surface area contributed by atoms with Gasteiger partial charge in [-0.05, 0) is 30.3 Å². The summed E-state index contributed by atoms with van der Waals surface area (Å²) in [5.74, 6) is 0.628.